The van der Waals surface area contributed by atoms with Crippen LogP contribution in [-0.2, 0) is 11.2 Å². The fourth-order valence-corrected chi connectivity index (χ4v) is 1.78. The third kappa shape index (κ3) is 4.68. The van der Waals surface area contributed by atoms with Gasteiger partial charge in [0.25, 0.3) is 0 Å². The van der Waals surface area contributed by atoms with Crippen LogP contribution >= 0.6 is 0 Å². The lowest BCUT2D eigenvalue weighted by molar-refractivity contribution is -0.120. The van der Waals surface area contributed by atoms with Crippen LogP contribution in [0.3, 0.4) is 0 Å². The molecule has 3 N–H and O–H groups in total. The predicted molar refractivity (Wildman–Crippen MR) is 82.1 cm³/mol. The van der Waals surface area contributed by atoms with E-state index >= 15 is 0 Å². The van der Waals surface area contributed by atoms with Crippen LogP contribution in [0, 0.1) is 6.92 Å². The number of hydrogen-bond donors (Lipinski definition) is 3. The highest BCUT2D eigenvalue weighted by molar-refractivity contribution is 5.76. The number of hydrogen-bond acceptors (Lipinski definition) is 5. The summed E-state index contributed by atoms with van der Waals surface area (Å²) < 4.78 is 0. The number of aromatic nitrogens is 2. The van der Waals surface area contributed by atoms with Gasteiger partial charge in [0.05, 0.1) is 0 Å². The van der Waals surface area contributed by atoms with Crippen LogP contribution in [0.1, 0.15) is 38.1 Å². The normalized spacial score (nSPS) is 10.2. The van der Waals surface area contributed by atoms with Crippen molar-refractivity contribution in [3.63, 3.8) is 0 Å². The Labute approximate surface area is 120 Å². The van der Waals surface area contributed by atoms with E-state index in [1.54, 1.807) is 0 Å². The summed E-state index contributed by atoms with van der Waals surface area (Å²) in [7, 11) is 1.84. The molecule has 0 spiro atoms. The van der Waals surface area contributed by atoms with Crippen LogP contribution in [0.15, 0.2) is 0 Å². The summed E-state index contributed by atoms with van der Waals surface area (Å²) in [6.07, 6.45) is 2.18. The number of amides is 1. The van der Waals surface area contributed by atoms with Crippen molar-refractivity contribution in [1.29, 1.82) is 0 Å². The van der Waals surface area contributed by atoms with E-state index in [1.165, 1.54) is 0 Å². The molecule has 1 amide bonds. The monoisotopic (exact) mass is 279 g/mol. The zero-order valence-corrected chi connectivity index (χ0v) is 12.8. The van der Waals surface area contributed by atoms with E-state index in [0.29, 0.717) is 13.0 Å². The van der Waals surface area contributed by atoms with Crippen molar-refractivity contribution >= 4 is 17.5 Å². The smallest absolute Gasteiger partial charge is 0.221 e. The Kier molecular flexibility index (Phi) is 6.76. The van der Waals surface area contributed by atoms with E-state index in [9.17, 15) is 4.79 Å². The summed E-state index contributed by atoms with van der Waals surface area (Å²) in [5, 5.41) is 9.14. The molecule has 6 nitrogen and oxygen atoms in total. The molecule has 0 aliphatic heterocycles. The second-order valence-electron chi connectivity index (χ2n) is 4.59. The minimum absolute atomic E-state index is 0.0654. The van der Waals surface area contributed by atoms with Gasteiger partial charge in [-0.2, -0.15) is 0 Å². The summed E-state index contributed by atoms with van der Waals surface area (Å²) in [6.45, 7) is 7.32. The summed E-state index contributed by atoms with van der Waals surface area (Å²) in [5.41, 5.74) is 0.971. The molecule has 1 aromatic heterocycles. The lowest BCUT2D eigenvalue weighted by atomic mass is 10.2. The molecule has 1 aromatic rings. The zero-order chi connectivity index (χ0) is 15.0. The van der Waals surface area contributed by atoms with Gasteiger partial charge in [0.15, 0.2) is 0 Å². The zero-order valence-electron chi connectivity index (χ0n) is 12.8. The first-order chi connectivity index (χ1) is 9.62. The Morgan fingerprint density at radius 2 is 1.85 bits per heavy atom. The fraction of sp³-hybridized carbons (Fsp3) is 0.643. The molecule has 0 saturated carbocycles. The lowest BCUT2D eigenvalue weighted by Gasteiger charge is -2.13. The number of anilines is 2. The lowest BCUT2D eigenvalue weighted by Crippen LogP contribution is -2.26. The van der Waals surface area contributed by atoms with Gasteiger partial charge in [-0.15, -0.1) is 0 Å². The van der Waals surface area contributed by atoms with Gasteiger partial charge >= 0.3 is 0 Å². The van der Waals surface area contributed by atoms with Crippen molar-refractivity contribution in [3.05, 3.63) is 11.4 Å². The average Bonchev–Trinajstić information content (AvgIpc) is 2.46. The largest absolute Gasteiger partial charge is 0.373 e. The van der Waals surface area contributed by atoms with Crippen molar-refractivity contribution in [1.82, 2.24) is 15.3 Å². The van der Waals surface area contributed by atoms with Crippen LogP contribution in [0.25, 0.3) is 0 Å². The molecule has 6 heteroatoms. The van der Waals surface area contributed by atoms with E-state index in [-0.39, 0.29) is 5.91 Å². The molecule has 20 heavy (non-hydrogen) atoms. The van der Waals surface area contributed by atoms with Crippen molar-refractivity contribution in [2.24, 2.45) is 0 Å². The van der Waals surface area contributed by atoms with Gasteiger partial charge in [-0.3, -0.25) is 4.79 Å². The third-order valence-electron chi connectivity index (χ3n) is 2.96. The number of nitrogens with one attached hydrogen (secondary N) is 3. The SMILES string of the molecule is CCCNC(=O)CCNc1nc(CC)nc(NC)c1C. The Balaban J connectivity index is 2.61. The van der Waals surface area contributed by atoms with Crippen molar-refractivity contribution in [2.75, 3.05) is 30.8 Å². The highest BCUT2D eigenvalue weighted by Gasteiger charge is 2.09. The summed E-state index contributed by atoms with van der Waals surface area (Å²) >= 11 is 0. The summed E-state index contributed by atoms with van der Waals surface area (Å²) in [5.74, 6) is 2.48. The molecule has 0 aromatic carbocycles. The molecule has 0 unspecified atom stereocenters. The van der Waals surface area contributed by atoms with Gasteiger partial charge in [-0.1, -0.05) is 13.8 Å². The van der Waals surface area contributed by atoms with Crippen LogP contribution < -0.4 is 16.0 Å². The van der Waals surface area contributed by atoms with Crippen LogP contribution in [-0.4, -0.2) is 36.0 Å². The number of rotatable bonds is 8. The Morgan fingerprint density at radius 3 is 2.45 bits per heavy atom. The number of nitrogens with zero attached hydrogens (tertiary/aromatic N) is 2. The summed E-state index contributed by atoms with van der Waals surface area (Å²) in [6, 6.07) is 0. The maximum absolute atomic E-state index is 11.5. The molecule has 0 saturated heterocycles. The highest BCUT2D eigenvalue weighted by Crippen LogP contribution is 2.19. The Bertz CT molecular complexity index is 447. The van der Waals surface area contributed by atoms with E-state index < -0.39 is 0 Å². The molecule has 0 atom stereocenters. The molecule has 0 aliphatic carbocycles. The van der Waals surface area contributed by atoms with Crippen LogP contribution in [0.4, 0.5) is 11.6 Å². The maximum atomic E-state index is 11.5. The van der Waals surface area contributed by atoms with Gasteiger partial charge in [-0.05, 0) is 13.3 Å². The Hall–Kier alpha value is -1.85. The quantitative estimate of drug-likeness (QED) is 0.675. The van der Waals surface area contributed by atoms with Gasteiger partial charge in [0, 0.05) is 38.5 Å². The van der Waals surface area contributed by atoms with Crippen molar-refractivity contribution in [2.45, 2.75) is 40.0 Å². The topological polar surface area (TPSA) is 78.9 Å². The minimum atomic E-state index is 0.0654. The first kappa shape index (κ1) is 16.2. The first-order valence-corrected chi connectivity index (χ1v) is 7.18. The van der Waals surface area contributed by atoms with Gasteiger partial charge in [-0.25, -0.2) is 9.97 Å². The van der Waals surface area contributed by atoms with E-state index in [4.69, 9.17) is 0 Å². The molecule has 1 rings (SSSR count). The molecule has 0 aliphatic rings. The second kappa shape index (κ2) is 8.35. The highest BCUT2D eigenvalue weighted by atomic mass is 16.1. The van der Waals surface area contributed by atoms with E-state index in [2.05, 4.69) is 25.9 Å². The van der Waals surface area contributed by atoms with Gasteiger partial charge < -0.3 is 16.0 Å². The number of carbonyl (C=O) groups excluding carboxylic acids is 1. The van der Waals surface area contributed by atoms with Gasteiger partial charge in [0.1, 0.15) is 17.5 Å². The van der Waals surface area contributed by atoms with E-state index in [1.807, 2.05) is 27.8 Å². The maximum Gasteiger partial charge on any atom is 0.221 e. The van der Waals surface area contributed by atoms with Crippen molar-refractivity contribution < 1.29 is 4.79 Å². The standard InChI is InChI=1S/C14H25N5O/c1-5-8-16-12(20)7-9-17-14-10(3)13(15-4)18-11(6-2)19-14/h5-9H2,1-4H3,(H,16,20)(H2,15,17,18,19). The second-order valence-corrected chi connectivity index (χ2v) is 4.59. The first-order valence-electron chi connectivity index (χ1n) is 7.18. The number of aryl methyl sites for hydroxylation is 1. The van der Waals surface area contributed by atoms with Crippen LogP contribution in [0.5, 0.6) is 0 Å². The molecule has 1 heterocycles. The average molecular weight is 279 g/mol. The third-order valence-corrected chi connectivity index (χ3v) is 2.96. The van der Waals surface area contributed by atoms with Crippen LogP contribution in [0.2, 0.25) is 0 Å². The Morgan fingerprint density at radius 1 is 1.15 bits per heavy atom. The molecular weight excluding hydrogens is 254 g/mol. The number of carbonyl (C=O) groups is 1. The summed E-state index contributed by atoms with van der Waals surface area (Å²) in [4.78, 5) is 20.4. The molecule has 0 bridgehead atoms. The molecule has 0 fully saturated rings. The van der Waals surface area contributed by atoms with E-state index in [0.717, 1.165) is 42.4 Å². The molecule has 112 valence electrons. The fourth-order valence-electron chi connectivity index (χ4n) is 1.78. The van der Waals surface area contributed by atoms with Gasteiger partial charge in [0.2, 0.25) is 5.91 Å². The minimum Gasteiger partial charge on any atom is -0.373 e. The molecular formula is C14H25N5O. The van der Waals surface area contributed by atoms with Crippen molar-refractivity contribution in [3.8, 4) is 0 Å². The predicted octanol–water partition coefficient (Wildman–Crippen LogP) is 1.72. The molecule has 0 radical (unpaired) electrons.